The smallest absolute Gasteiger partial charge is 0.145 e. The molecule has 98 valence electrons. The Balaban J connectivity index is 2.18. The van der Waals surface area contributed by atoms with E-state index in [1.165, 1.54) is 6.07 Å². The average Bonchev–Trinajstić information content (AvgIpc) is 2.78. The van der Waals surface area contributed by atoms with E-state index in [2.05, 4.69) is 4.98 Å². The Morgan fingerprint density at radius 3 is 3.00 bits per heavy atom. The number of nitrogens with two attached hydrogens (primary N) is 1. The summed E-state index contributed by atoms with van der Waals surface area (Å²) in [5.41, 5.74) is 7.12. The van der Waals surface area contributed by atoms with Gasteiger partial charge in [0.15, 0.2) is 0 Å². The van der Waals surface area contributed by atoms with Crippen LogP contribution in [0.5, 0.6) is 0 Å². The van der Waals surface area contributed by atoms with Crippen molar-refractivity contribution in [3.05, 3.63) is 53.4 Å². The molecule has 1 aromatic carbocycles. The van der Waals surface area contributed by atoms with Gasteiger partial charge in [-0.1, -0.05) is 12.1 Å². The molecule has 19 heavy (non-hydrogen) atoms. The minimum absolute atomic E-state index is 0.0435. The van der Waals surface area contributed by atoms with Crippen LogP contribution in [0.3, 0.4) is 0 Å². The number of imidazole rings is 1. The first-order valence-corrected chi connectivity index (χ1v) is 6.04. The summed E-state index contributed by atoms with van der Waals surface area (Å²) >= 11 is 0. The van der Waals surface area contributed by atoms with Gasteiger partial charge in [-0.05, 0) is 13.0 Å². The molecule has 0 radical (unpaired) electrons. The lowest BCUT2D eigenvalue weighted by Gasteiger charge is -2.05. The Hall–Kier alpha value is -2.19. The summed E-state index contributed by atoms with van der Waals surface area (Å²) in [4.78, 5) is 4.22. The van der Waals surface area contributed by atoms with Crippen molar-refractivity contribution in [1.82, 2.24) is 9.55 Å². The molecule has 5 heteroatoms. The molecule has 2 rings (SSSR count). The van der Waals surface area contributed by atoms with Gasteiger partial charge in [-0.2, -0.15) is 5.26 Å². The summed E-state index contributed by atoms with van der Waals surface area (Å²) in [7, 11) is 0. The molecule has 0 saturated heterocycles. The van der Waals surface area contributed by atoms with Crippen LogP contribution >= 0.6 is 0 Å². The maximum atomic E-state index is 13.9. The summed E-state index contributed by atoms with van der Waals surface area (Å²) in [5.74, 6) is -0.465. The fourth-order valence-corrected chi connectivity index (χ4v) is 1.91. The SMILES string of the molecule is CC(N)Cc1cn(Cc2cccc(C#N)c2F)cn1. The van der Waals surface area contributed by atoms with Crippen LogP contribution in [0.1, 0.15) is 23.7 Å². The first-order chi connectivity index (χ1) is 9.10. The third-order valence-electron chi connectivity index (χ3n) is 2.77. The molecule has 0 spiro atoms. The van der Waals surface area contributed by atoms with Crippen LogP contribution in [0.15, 0.2) is 30.7 Å². The van der Waals surface area contributed by atoms with Gasteiger partial charge in [0.05, 0.1) is 24.1 Å². The number of rotatable bonds is 4. The van der Waals surface area contributed by atoms with E-state index in [9.17, 15) is 4.39 Å². The van der Waals surface area contributed by atoms with E-state index in [4.69, 9.17) is 11.0 Å². The second kappa shape index (κ2) is 5.63. The zero-order valence-corrected chi connectivity index (χ0v) is 10.7. The molecule has 0 aliphatic carbocycles. The molecule has 0 aliphatic rings. The second-order valence-electron chi connectivity index (χ2n) is 4.61. The number of nitriles is 1. The van der Waals surface area contributed by atoms with Gasteiger partial charge in [0.1, 0.15) is 11.9 Å². The first kappa shape index (κ1) is 13.2. The fourth-order valence-electron chi connectivity index (χ4n) is 1.91. The van der Waals surface area contributed by atoms with E-state index in [1.54, 1.807) is 23.0 Å². The largest absolute Gasteiger partial charge is 0.333 e. The Kier molecular flexibility index (Phi) is 3.93. The highest BCUT2D eigenvalue weighted by Crippen LogP contribution is 2.14. The van der Waals surface area contributed by atoms with Gasteiger partial charge in [-0.3, -0.25) is 0 Å². The van der Waals surface area contributed by atoms with Crippen LogP contribution in [0, 0.1) is 17.1 Å². The second-order valence-corrected chi connectivity index (χ2v) is 4.61. The van der Waals surface area contributed by atoms with Crippen molar-refractivity contribution in [2.75, 3.05) is 0 Å². The highest BCUT2D eigenvalue weighted by atomic mass is 19.1. The Bertz CT molecular complexity index is 610. The highest BCUT2D eigenvalue weighted by Gasteiger charge is 2.09. The zero-order chi connectivity index (χ0) is 13.8. The van der Waals surface area contributed by atoms with Crippen LogP contribution in [-0.2, 0) is 13.0 Å². The summed E-state index contributed by atoms with van der Waals surface area (Å²) < 4.78 is 15.7. The molecule has 1 unspecified atom stereocenters. The van der Waals surface area contributed by atoms with Crippen molar-refractivity contribution in [1.29, 1.82) is 5.26 Å². The van der Waals surface area contributed by atoms with E-state index in [0.717, 1.165) is 5.69 Å². The van der Waals surface area contributed by atoms with Crippen LogP contribution in [0.2, 0.25) is 0 Å². The molecular formula is C14H15FN4. The van der Waals surface area contributed by atoms with Gasteiger partial charge in [-0.25, -0.2) is 9.37 Å². The molecular weight excluding hydrogens is 243 g/mol. The first-order valence-electron chi connectivity index (χ1n) is 6.04. The lowest BCUT2D eigenvalue weighted by molar-refractivity contribution is 0.595. The van der Waals surface area contributed by atoms with Crippen LogP contribution < -0.4 is 5.73 Å². The lowest BCUT2D eigenvalue weighted by Crippen LogP contribution is -2.17. The van der Waals surface area contributed by atoms with Crippen molar-refractivity contribution < 1.29 is 4.39 Å². The molecule has 0 bridgehead atoms. The third-order valence-corrected chi connectivity index (χ3v) is 2.77. The van der Waals surface area contributed by atoms with Crippen molar-refractivity contribution in [2.24, 2.45) is 5.73 Å². The number of hydrogen-bond donors (Lipinski definition) is 1. The van der Waals surface area contributed by atoms with Crippen molar-refractivity contribution in [3.8, 4) is 6.07 Å². The molecule has 4 nitrogen and oxygen atoms in total. The van der Waals surface area contributed by atoms with Crippen LogP contribution in [-0.4, -0.2) is 15.6 Å². The highest BCUT2D eigenvalue weighted by molar-refractivity contribution is 5.35. The zero-order valence-electron chi connectivity index (χ0n) is 10.7. The van der Waals surface area contributed by atoms with Gasteiger partial charge in [0.2, 0.25) is 0 Å². The van der Waals surface area contributed by atoms with E-state index >= 15 is 0 Å². The van der Waals surface area contributed by atoms with Crippen molar-refractivity contribution in [2.45, 2.75) is 25.9 Å². The molecule has 0 saturated carbocycles. The minimum Gasteiger partial charge on any atom is -0.333 e. The minimum atomic E-state index is -0.465. The van der Waals surface area contributed by atoms with E-state index in [1.807, 2.05) is 19.2 Å². The molecule has 2 N–H and O–H groups in total. The summed E-state index contributed by atoms with van der Waals surface area (Å²) in [5, 5.41) is 8.79. The van der Waals surface area contributed by atoms with E-state index < -0.39 is 5.82 Å². The van der Waals surface area contributed by atoms with E-state index in [-0.39, 0.29) is 11.6 Å². The molecule has 0 fully saturated rings. The van der Waals surface area contributed by atoms with Crippen LogP contribution in [0.4, 0.5) is 4.39 Å². The molecule has 2 aromatic rings. The van der Waals surface area contributed by atoms with Crippen molar-refractivity contribution >= 4 is 0 Å². The summed E-state index contributed by atoms with van der Waals surface area (Å²) in [6.07, 6.45) is 4.19. The van der Waals surface area contributed by atoms with Gasteiger partial charge in [0.25, 0.3) is 0 Å². The molecule has 0 amide bonds. The molecule has 1 heterocycles. The predicted octanol–water partition coefficient (Wildman–Crippen LogP) is 1.83. The maximum absolute atomic E-state index is 13.9. The Labute approximate surface area is 111 Å². The maximum Gasteiger partial charge on any atom is 0.145 e. The van der Waals surface area contributed by atoms with Crippen LogP contribution in [0.25, 0.3) is 0 Å². The topological polar surface area (TPSA) is 67.6 Å². The van der Waals surface area contributed by atoms with Crippen molar-refractivity contribution in [3.63, 3.8) is 0 Å². The number of nitrogens with zero attached hydrogens (tertiary/aromatic N) is 3. The Morgan fingerprint density at radius 1 is 1.53 bits per heavy atom. The number of benzene rings is 1. The van der Waals surface area contributed by atoms with E-state index in [0.29, 0.717) is 18.5 Å². The number of aromatic nitrogens is 2. The fraction of sp³-hybridized carbons (Fsp3) is 0.286. The monoisotopic (exact) mass is 258 g/mol. The number of halogens is 1. The quantitative estimate of drug-likeness (QED) is 0.909. The molecule has 1 aromatic heterocycles. The standard InChI is InChI=1S/C14H15FN4/c1-10(17)5-13-8-19(9-18-13)7-12-4-2-3-11(6-16)14(12)15/h2-4,8-10H,5,7,17H2,1H3. The molecule has 0 aliphatic heterocycles. The predicted molar refractivity (Wildman–Crippen MR) is 69.8 cm³/mol. The normalized spacial score (nSPS) is 12.1. The Morgan fingerprint density at radius 2 is 2.32 bits per heavy atom. The molecule has 1 atom stereocenters. The van der Waals surface area contributed by atoms with Gasteiger partial charge in [0, 0.05) is 24.2 Å². The third kappa shape index (κ3) is 3.18. The summed E-state index contributed by atoms with van der Waals surface area (Å²) in [6, 6.07) is 6.69. The average molecular weight is 258 g/mol. The number of hydrogen-bond acceptors (Lipinski definition) is 3. The lowest BCUT2D eigenvalue weighted by atomic mass is 10.1. The van der Waals surface area contributed by atoms with Gasteiger partial charge >= 0.3 is 0 Å². The van der Waals surface area contributed by atoms with Gasteiger partial charge in [-0.15, -0.1) is 0 Å². The van der Waals surface area contributed by atoms with Gasteiger partial charge < -0.3 is 10.3 Å². The summed E-state index contributed by atoms with van der Waals surface area (Å²) in [6.45, 7) is 2.27.